The van der Waals surface area contributed by atoms with E-state index in [1.54, 1.807) is 49.5 Å². The Balaban J connectivity index is 1.59. The van der Waals surface area contributed by atoms with Crippen molar-refractivity contribution < 1.29 is 17.9 Å². The number of fused-ring (bicyclic) bond motifs is 1. The molecule has 1 atom stereocenters. The minimum absolute atomic E-state index is 0.0233. The van der Waals surface area contributed by atoms with E-state index in [0.29, 0.717) is 17.1 Å². The van der Waals surface area contributed by atoms with Crippen molar-refractivity contribution >= 4 is 11.7 Å². The Morgan fingerprint density at radius 1 is 0.947 bits per heavy atom. The Bertz CT molecular complexity index is 1620. The number of halogens is 3. The molecule has 0 radical (unpaired) electrons. The SMILES string of the molecule is Cn1ncnc1COC1=NN2C(=CNN=C2c2ccccc2F)C1(c1ccccc1)c1cc(F)ccc1F. The molecule has 2 aliphatic heterocycles. The summed E-state index contributed by atoms with van der Waals surface area (Å²) in [7, 11) is 1.71. The summed E-state index contributed by atoms with van der Waals surface area (Å²) >= 11 is 0. The molecule has 0 bridgehead atoms. The first-order chi connectivity index (χ1) is 18.5. The number of aromatic nitrogens is 3. The normalized spacial score (nSPS) is 18.3. The van der Waals surface area contributed by atoms with Gasteiger partial charge in [0.1, 0.15) is 35.8 Å². The van der Waals surface area contributed by atoms with Gasteiger partial charge in [0.2, 0.25) is 5.90 Å². The van der Waals surface area contributed by atoms with Crippen LogP contribution in [0.4, 0.5) is 13.2 Å². The minimum Gasteiger partial charge on any atom is -0.470 e. The fraction of sp³-hybridized carbons (Fsp3) is 0.111. The van der Waals surface area contributed by atoms with Crippen LogP contribution in [0.5, 0.6) is 0 Å². The molecule has 38 heavy (non-hydrogen) atoms. The molecule has 3 heterocycles. The zero-order chi connectivity index (χ0) is 26.3. The number of ether oxygens (including phenoxy) is 1. The Labute approximate surface area is 215 Å². The van der Waals surface area contributed by atoms with Crippen molar-refractivity contribution in [3.63, 3.8) is 0 Å². The van der Waals surface area contributed by atoms with Crippen LogP contribution < -0.4 is 5.43 Å². The maximum absolute atomic E-state index is 15.7. The predicted molar refractivity (Wildman–Crippen MR) is 133 cm³/mol. The molecule has 0 saturated carbocycles. The lowest BCUT2D eigenvalue weighted by Gasteiger charge is -2.35. The number of hydrogen-bond donors (Lipinski definition) is 1. The first-order valence-electron chi connectivity index (χ1n) is 11.6. The number of hydrazone groups is 2. The highest BCUT2D eigenvalue weighted by Gasteiger charge is 2.55. The highest BCUT2D eigenvalue weighted by atomic mass is 19.1. The smallest absolute Gasteiger partial charge is 0.229 e. The van der Waals surface area contributed by atoms with Gasteiger partial charge in [-0.2, -0.15) is 10.2 Å². The first kappa shape index (κ1) is 23.5. The molecule has 2 aliphatic rings. The topological polar surface area (TPSA) is 79.9 Å². The van der Waals surface area contributed by atoms with Crippen molar-refractivity contribution in [3.05, 3.63) is 131 Å². The van der Waals surface area contributed by atoms with Crippen LogP contribution in [0.3, 0.4) is 0 Å². The standard InChI is InChI=1S/C27H20F3N7O/c1-36-24(31-16-33-36)15-38-26-27(17-7-3-2-4-8-17,20-13-18(28)11-12-22(20)30)23-14-32-34-25(37(23)35-26)19-9-5-6-10-21(19)29/h2-14,16,32H,15H2,1H3. The molecule has 1 unspecified atom stereocenters. The fourth-order valence-corrected chi connectivity index (χ4v) is 4.71. The number of rotatable bonds is 5. The highest BCUT2D eigenvalue weighted by molar-refractivity contribution is 6.07. The average Bonchev–Trinajstić information content (AvgIpc) is 3.50. The van der Waals surface area contributed by atoms with Crippen LogP contribution in [0.25, 0.3) is 0 Å². The first-order valence-corrected chi connectivity index (χ1v) is 11.6. The quantitative estimate of drug-likeness (QED) is 0.432. The third-order valence-electron chi connectivity index (χ3n) is 6.49. The molecule has 1 aromatic heterocycles. The molecular weight excluding hydrogens is 495 g/mol. The van der Waals surface area contributed by atoms with Gasteiger partial charge in [0.05, 0.1) is 11.3 Å². The molecule has 190 valence electrons. The van der Waals surface area contributed by atoms with Crippen LogP contribution in [0.15, 0.2) is 101 Å². The van der Waals surface area contributed by atoms with Gasteiger partial charge in [-0.25, -0.2) is 23.2 Å². The zero-order valence-electron chi connectivity index (χ0n) is 20.0. The Kier molecular flexibility index (Phi) is 5.67. The fourth-order valence-electron chi connectivity index (χ4n) is 4.71. The maximum atomic E-state index is 15.7. The number of hydrogen-bond acceptors (Lipinski definition) is 7. The molecule has 6 rings (SSSR count). The minimum atomic E-state index is -1.56. The van der Waals surface area contributed by atoms with Gasteiger partial charge in [-0.3, -0.25) is 10.1 Å². The van der Waals surface area contributed by atoms with Crippen molar-refractivity contribution in [1.82, 2.24) is 25.2 Å². The second-order valence-electron chi connectivity index (χ2n) is 8.62. The lowest BCUT2D eigenvalue weighted by atomic mass is 9.71. The van der Waals surface area contributed by atoms with Gasteiger partial charge < -0.3 is 4.74 Å². The Hall–Kier alpha value is -4.93. The maximum Gasteiger partial charge on any atom is 0.229 e. The molecule has 1 N–H and O–H groups in total. The van der Waals surface area contributed by atoms with Gasteiger partial charge >= 0.3 is 0 Å². The van der Waals surface area contributed by atoms with Gasteiger partial charge in [0, 0.05) is 18.8 Å². The van der Waals surface area contributed by atoms with Gasteiger partial charge in [0.25, 0.3) is 0 Å². The number of amidine groups is 1. The largest absolute Gasteiger partial charge is 0.470 e. The van der Waals surface area contributed by atoms with Crippen LogP contribution in [0, 0.1) is 17.5 Å². The van der Waals surface area contributed by atoms with E-state index in [0.717, 1.165) is 18.2 Å². The van der Waals surface area contributed by atoms with Gasteiger partial charge in [0.15, 0.2) is 11.7 Å². The van der Waals surface area contributed by atoms with Gasteiger partial charge in [-0.15, -0.1) is 5.10 Å². The monoisotopic (exact) mass is 515 g/mol. The molecule has 0 aliphatic carbocycles. The Morgan fingerprint density at radius 3 is 2.50 bits per heavy atom. The zero-order valence-corrected chi connectivity index (χ0v) is 20.0. The van der Waals surface area contributed by atoms with E-state index < -0.39 is 22.9 Å². The average molecular weight is 515 g/mol. The predicted octanol–water partition coefficient (Wildman–Crippen LogP) is 4.17. The summed E-state index contributed by atoms with van der Waals surface area (Å²) in [5, 5.41) is 14.4. The summed E-state index contributed by atoms with van der Waals surface area (Å²) in [6.07, 6.45) is 2.90. The van der Waals surface area contributed by atoms with Crippen molar-refractivity contribution in [2.75, 3.05) is 0 Å². The number of nitrogens with zero attached hydrogens (tertiary/aromatic N) is 6. The van der Waals surface area contributed by atoms with Gasteiger partial charge in [-0.05, 0) is 35.9 Å². The third-order valence-corrected chi connectivity index (χ3v) is 6.49. The summed E-state index contributed by atoms with van der Waals surface area (Å²) < 4.78 is 53.1. The Morgan fingerprint density at radius 2 is 1.74 bits per heavy atom. The number of benzene rings is 3. The molecule has 8 nitrogen and oxygen atoms in total. The van der Waals surface area contributed by atoms with E-state index in [1.165, 1.54) is 28.3 Å². The van der Waals surface area contributed by atoms with Crippen LogP contribution in [-0.4, -0.2) is 31.5 Å². The lowest BCUT2D eigenvalue weighted by Crippen LogP contribution is -2.43. The van der Waals surface area contributed by atoms with E-state index in [2.05, 4.69) is 20.6 Å². The van der Waals surface area contributed by atoms with E-state index >= 15 is 4.39 Å². The molecule has 4 aromatic rings. The summed E-state index contributed by atoms with van der Waals surface area (Å²) in [5.74, 6) is -1.22. The van der Waals surface area contributed by atoms with E-state index in [4.69, 9.17) is 9.84 Å². The van der Waals surface area contributed by atoms with E-state index in [1.807, 2.05) is 6.07 Å². The summed E-state index contributed by atoms with van der Waals surface area (Å²) in [5.41, 5.74) is 2.25. The number of nitrogens with one attached hydrogen (secondary N) is 1. The van der Waals surface area contributed by atoms with Crippen molar-refractivity contribution in [1.29, 1.82) is 0 Å². The number of aryl methyl sites for hydroxylation is 1. The summed E-state index contributed by atoms with van der Waals surface area (Å²) in [4.78, 5) is 4.19. The van der Waals surface area contributed by atoms with Crippen LogP contribution in [-0.2, 0) is 23.8 Å². The van der Waals surface area contributed by atoms with Crippen molar-refractivity contribution in [2.45, 2.75) is 12.0 Å². The van der Waals surface area contributed by atoms with Crippen molar-refractivity contribution in [2.24, 2.45) is 17.3 Å². The molecule has 0 saturated heterocycles. The summed E-state index contributed by atoms with van der Waals surface area (Å²) in [6.45, 7) is -0.0679. The van der Waals surface area contributed by atoms with E-state index in [9.17, 15) is 8.78 Å². The lowest BCUT2D eigenvalue weighted by molar-refractivity contribution is 0.259. The van der Waals surface area contributed by atoms with Crippen molar-refractivity contribution in [3.8, 4) is 0 Å². The summed E-state index contributed by atoms with van der Waals surface area (Å²) in [6, 6.07) is 18.2. The third kappa shape index (κ3) is 3.62. The molecule has 0 fully saturated rings. The van der Waals surface area contributed by atoms with E-state index in [-0.39, 0.29) is 29.5 Å². The second-order valence-corrected chi connectivity index (χ2v) is 8.62. The molecular formula is C27H20F3N7O. The highest BCUT2D eigenvalue weighted by Crippen LogP contribution is 2.49. The molecule has 0 spiro atoms. The molecule has 11 heteroatoms. The van der Waals surface area contributed by atoms with Crippen LogP contribution in [0.2, 0.25) is 0 Å². The van der Waals surface area contributed by atoms with Gasteiger partial charge in [-0.1, -0.05) is 42.5 Å². The van der Waals surface area contributed by atoms with Crippen LogP contribution in [0.1, 0.15) is 22.5 Å². The molecule has 0 amide bonds. The second kappa shape index (κ2) is 9.18. The molecule has 3 aromatic carbocycles. The van der Waals surface area contributed by atoms with Crippen LogP contribution >= 0.6 is 0 Å².